The van der Waals surface area contributed by atoms with E-state index in [9.17, 15) is 0 Å². The molecule has 0 nitrogen and oxygen atoms in total. The summed E-state index contributed by atoms with van der Waals surface area (Å²) in [6.45, 7) is 2.16. The molecule has 0 radical (unpaired) electrons. The van der Waals surface area contributed by atoms with Crippen molar-refractivity contribution in [3.05, 3.63) is 77.9 Å². The zero-order chi connectivity index (χ0) is 15.5. The summed E-state index contributed by atoms with van der Waals surface area (Å²) in [6, 6.07) is 24.2. The van der Waals surface area contributed by atoms with Crippen LogP contribution in [0, 0.1) is 6.92 Å². The minimum atomic E-state index is 1.00. The molecule has 0 amide bonds. The maximum Gasteiger partial charge on any atom is -0.0128 e. The van der Waals surface area contributed by atoms with E-state index in [0.717, 1.165) is 6.16 Å². The van der Waals surface area contributed by atoms with Crippen molar-refractivity contribution in [3.8, 4) is 22.3 Å². The minimum absolute atomic E-state index is 1.00. The van der Waals surface area contributed by atoms with Crippen molar-refractivity contribution in [1.82, 2.24) is 0 Å². The van der Waals surface area contributed by atoms with Crippen molar-refractivity contribution >= 4 is 23.8 Å². The van der Waals surface area contributed by atoms with E-state index in [1.807, 2.05) is 0 Å². The van der Waals surface area contributed by atoms with Gasteiger partial charge in [0, 0.05) is 0 Å². The van der Waals surface area contributed by atoms with Gasteiger partial charge in [0.2, 0.25) is 0 Å². The van der Waals surface area contributed by atoms with Crippen LogP contribution >= 0.6 is 18.5 Å². The molecule has 2 atom stereocenters. The lowest BCUT2D eigenvalue weighted by Crippen LogP contribution is -1.93. The molecule has 0 saturated heterocycles. The summed E-state index contributed by atoms with van der Waals surface area (Å²) in [6.07, 6.45) is 1.00. The maximum atomic E-state index is 2.76. The first-order valence-electron chi connectivity index (χ1n) is 7.43. The average Bonchev–Trinajstić information content (AvgIpc) is 2.55. The predicted molar refractivity (Wildman–Crippen MR) is 105 cm³/mol. The van der Waals surface area contributed by atoms with E-state index in [2.05, 4.69) is 92.1 Å². The Morgan fingerprint density at radius 2 is 1.27 bits per heavy atom. The lowest BCUT2D eigenvalue weighted by molar-refractivity contribution is 1.42. The van der Waals surface area contributed by atoms with Crippen molar-refractivity contribution in [2.45, 2.75) is 13.1 Å². The molecule has 0 N–H and O–H groups in total. The summed E-state index contributed by atoms with van der Waals surface area (Å²) >= 11 is 0. The summed E-state index contributed by atoms with van der Waals surface area (Å²) < 4.78 is 0. The summed E-state index contributed by atoms with van der Waals surface area (Å²) in [5.41, 5.74) is 7.76. The number of rotatable bonds is 3. The zero-order valence-corrected chi connectivity index (χ0v) is 15.0. The van der Waals surface area contributed by atoms with E-state index in [1.54, 1.807) is 0 Å². The van der Waals surface area contributed by atoms with Gasteiger partial charge in [0.1, 0.15) is 0 Å². The fourth-order valence-corrected chi connectivity index (χ4v) is 3.30. The second-order valence-electron chi connectivity index (χ2n) is 5.55. The van der Waals surface area contributed by atoms with Gasteiger partial charge in [-0.3, -0.25) is 0 Å². The van der Waals surface area contributed by atoms with Crippen molar-refractivity contribution < 1.29 is 0 Å². The van der Waals surface area contributed by atoms with Gasteiger partial charge in [-0.1, -0.05) is 66.7 Å². The minimum Gasteiger partial charge on any atom is -0.133 e. The summed E-state index contributed by atoms with van der Waals surface area (Å²) in [7, 11) is 5.52. The van der Waals surface area contributed by atoms with Crippen LogP contribution in [0.15, 0.2) is 66.7 Å². The molecule has 0 aliphatic carbocycles. The monoisotopic (exact) mass is 322 g/mol. The number of hydrogen-bond donors (Lipinski definition) is 0. The molecule has 22 heavy (non-hydrogen) atoms. The molecule has 0 saturated carbocycles. The highest BCUT2D eigenvalue weighted by Gasteiger charge is 2.03. The largest absolute Gasteiger partial charge is 0.133 e. The van der Waals surface area contributed by atoms with Gasteiger partial charge in [0.05, 0.1) is 0 Å². The van der Waals surface area contributed by atoms with Crippen LogP contribution in [0.2, 0.25) is 0 Å². The quantitative estimate of drug-likeness (QED) is 0.581. The number of aryl methyl sites for hydroxylation is 1. The SMILES string of the molecule is Cc1cc(P)ccc1-c1ccc(-c2ccc(CP)cc2)cc1. The van der Waals surface area contributed by atoms with Crippen molar-refractivity contribution in [2.75, 3.05) is 0 Å². The van der Waals surface area contributed by atoms with Crippen molar-refractivity contribution in [2.24, 2.45) is 0 Å². The standard InChI is InChI=1S/C20H20P2/c1-14-12-19(22)10-11-20(14)18-8-6-17(7-9-18)16-4-2-15(13-21)3-5-16/h2-12H,13,21-22H2,1H3. The summed E-state index contributed by atoms with van der Waals surface area (Å²) in [5, 5.41) is 1.23. The van der Waals surface area contributed by atoms with E-state index in [0.29, 0.717) is 0 Å². The molecule has 0 spiro atoms. The van der Waals surface area contributed by atoms with Gasteiger partial charge in [-0.2, -0.15) is 0 Å². The van der Waals surface area contributed by atoms with E-state index < -0.39 is 0 Å². The van der Waals surface area contributed by atoms with Crippen LogP contribution < -0.4 is 5.30 Å². The third-order valence-corrected chi connectivity index (χ3v) is 4.80. The summed E-state index contributed by atoms with van der Waals surface area (Å²) in [5.74, 6) is 0. The molecule has 3 aromatic rings. The van der Waals surface area contributed by atoms with Crippen LogP contribution in [0.4, 0.5) is 0 Å². The van der Waals surface area contributed by atoms with Crippen LogP contribution in [0.1, 0.15) is 11.1 Å². The third-order valence-electron chi connectivity index (χ3n) is 3.97. The van der Waals surface area contributed by atoms with Gasteiger partial charge >= 0.3 is 0 Å². The van der Waals surface area contributed by atoms with Crippen LogP contribution in [-0.4, -0.2) is 0 Å². The van der Waals surface area contributed by atoms with Crippen LogP contribution in [-0.2, 0) is 6.16 Å². The second-order valence-corrected chi connectivity index (χ2v) is 6.63. The molecule has 0 aromatic heterocycles. The highest BCUT2D eigenvalue weighted by Crippen LogP contribution is 2.27. The van der Waals surface area contributed by atoms with E-state index in [4.69, 9.17) is 0 Å². The second kappa shape index (κ2) is 6.74. The molecule has 2 unspecified atom stereocenters. The first kappa shape index (κ1) is 15.4. The fraction of sp³-hybridized carbons (Fsp3) is 0.100. The Hall–Kier alpha value is -1.48. The maximum absolute atomic E-state index is 2.76. The average molecular weight is 322 g/mol. The van der Waals surface area contributed by atoms with Gasteiger partial charge in [-0.25, -0.2) is 0 Å². The Balaban J connectivity index is 1.91. The zero-order valence-electron chi connectivity index (χ0n) is 12.7. The molecule has 110 valence electrons. The molecule has 0 fully saturated rings. The van der Waals surface area contributed by atoms with Gasteiger partial charge in [-0.05, 0) is 51.8 Å². The Kier molecular flexibility index (Phi) is 4.72. The predicted octanol–water partition coefficient (Wildman–Crippen LogP) is 5.20. The number of benzene rings is 3. The van der Waals surface area contributed by atoms with Crippen molar-refractivity contribution in [3.63, 3.8) is 0 Å². The Labute approximate surface area is 137 Å². The number of hydrogen-bond acceptors (Lipinski definition) is 0. The Bertz CT molecular complexity index is 772. The Morgan fingerprint density at radius 3 is 1.82 bits per heavy atom. The highest BCUT2D eigenvalue weighted by molar-refractivity contribution is 7.27. The highest BCUT2D eigenvalue weighted by atomic mass is 31.0. The molecular formula is C20H20P2. The van der Waals surface area contributed by atoms with E-state index in [1.165, 1.54) is 38.7 Å². The molecule has 0 aliphatic heterocycles. The molecule has 0 heterocycles. The topological polar surface area (TPSA) is 0 Å². The van der Waals surface area contributed by atoms with Crippen LogP contribution in [0.25, 0.3) is 22.3 Å². The molecule has 3 aromatic carbocycles. The normalized spacial score (nSPS) is 10.7. The Morgan fingerprint density at radius 1 is 0.727 bits per heavy atom. The van der Waals surface area contributed by atoms with Gasteiger partial charge in [0.25, 0.3) is 0 Å². The fourth-order valence-electron chi connectivity index (χ4n) is 2.69. The molecule has 3 rings (SSSR count). The lowest BCUT2D eigenvalue weighted by Gasteiger charge is -2.09. The smallest absolute Gasteiger partial charge is 0.0128 e. The molecule has 2 heteroatoms. The van der Waals surface area contributed by atoms with E-state index in [-0.39, 0.29) is 0 Å². The van der Waals surface area contributed by atoms with Gasteiger partial charge < -0.3 is 0 Å². The van der Waals surface area contributed by atoms with Crippen LogP contribution in [0.5, 0.6) is 0 Å². The van der Waals surface area contributed by atoms with Crippen molar-refractivity contribution in [1.29, 1.82) is 0 Å². The van der Waals surface area contributed by atoms with Gasteiger partial charge in [-0.15, -0.1) is 18.5 Å². The molecule has 0 bridgehead atoms. The molecular weight excluding hydrogens is 302 g/mol. The first-order valence-corrected chi connectivity index (χ1v) is 8.83. The van der Waals surface area contributed by atoms with E-state index >= 15 is 0 Å². The third kappa shape index (κ3) is 3.30. The lowest BCUT2D eigenvalue weighted by atomic mass is 9.97. The first-order chi connectivity index (χ1) is 10.7. The molecule has 0 aliphatic rings. The van der Waals surface area contributed by atoms with Crippen LogP contribution in [0.3, 0.4) is 0 Å². The summed E-state index contributed by atoms with van der Waals surface area (Å²) in [4.78, 5) is 0. The van der Waals surface area contributed by atoms with Gasteiger partial charge in [0.15, 0.2) is 0 Å².